The van der Waals surface area contributed by atoms with Crippen LogP contribution in [0.25, 0.3) is 22.1 Å². The number of hydrogen-bond donors (Lipinski definition) is 2. The van der Waals surface area contributed by atoms with Crippen molar-refractivity contribution >= 4 is 22.1 Å². The van der Waals surface area contributed by atoms with Crippen molar-refractivity contribution in [2.45, 2.75) is 25.5 Å². The standard InChI is InChI=1S/C16H17N3O3/c20-10-4-3-7-19(8-10)9-13-17-14-11-5-1-2-6-12(11)22-15(14)16(21)18-13/h1-2,5-6,10,20H,3-4,7-9H2,(H,17,18,21). The van der Waals surface area contributed by atoms with Gasteiger partial charge < -0.3 is 14.5 Å². The zero-order valence-corrected chi connectivity index (χ0v) is 12.1. The molecule has 0 aliphatic carbocycles. The van der Waals surface area contributed by atoms with E-state index in [-0.39, 0.29) is 17.2 Å². The van der Waals surface area contributed by atoms with E-state index in [1.54, 1.807) is 0 Å². The van der Waals surface area contributed by atoms with Crippen molar-refractivity contribution in [1.29, 1.82) is 0 Å². The van der Waals surface area contributed by atoms with Gasteiger partial charge in [0.15, 0.2) is 0 Å². The lowest BCUT2D eigenvalue weighted by atomic mass is 10.1. The molecule has 6 nitrogen and oxygen atoms in total. The molecule has 0 bridgehead atoms. The van der Waals surface area contributed by atoms with Gasteiger partial charge in [0, 0.05) is 11.9 Å². The number of aliphatic hydroxyl groups is 1. The molecule has 4 rings (SSSR count). The molecule has 0 amide bonds. The smallest absolute Gasteiger partial charge is 0.294 e. The van der Waals surface area contributed by atoms with Crippen LogP contribution in [0.5, 0.6) is 0 Å². The Morgan fingerprint density at radius 1 is 1.41 bits per heavy atom. The van der Waals surface area contributed by atoms with Crippen molar-refractivity contribution < 1.29 is 9.52 Å². The predicted molar refractivity (Wildman–Crippen MR) is 82.7 cm³/mol. The maximum absolute atomic E-state index is 12.2. The van der Waals surface area contributed by atoms with E-state index >= 15 is 0 Å². The molecule has 2 aromatic heterocycles. The summed E-state index contributed by atoms with van der Waals surface area (Å²) in [5.41, 5.74) is 1.28. The third kappa shape index (κ3) is 2.30. The van der Waals surface area contributed by atoms with Crippen molar-refractivity contribution in [1.82, 2.24) is 14.9 Å². The van der Waals surface area contributed by atoms with Crippen molar-refractivity contribution in [2.24, 2.45) is 0 Å². The van der Waals surface area contributed by atoms with Gasteiger partial charge in [-0.1, -0.05) is 12.1 Å². The summed E-state index contributed by atoms with van der Waals surface area (Å²) in [6, 6.07) is 7.51. The fraction of sp³-hybridized carbons (Fsp3) is 0.375. The number of aromatic nitrogens is 2. The molecule has 1 saturated heterocycles. The normalized spacial score (nSPS) is 20.0. The molecular formula is C16H17N3O3. The van der Waals surface area contributed by atoms with Crippen LogP contribution in [-0.4, -0.2) is 39.2 Å². The molecule has 1 aliphatic heterocycles. The molecule has 3 aromatic rings. The number of H-pyrrole nitrogens is 1. The second kappa shape index (κ2) is 5.23. The van der Waals surface area contributed by atoms with Gasteiger partial charge in [-0.25, -0.2) is 4.98 Å². The highest BCUT2D eigenvalue weighted by Crippen LogP contribution is 2.24. The van der Waals surface area contributed by atoms with Gasteiger partial charge >= 0.3 is 0 Å². The highest BCUT2D eigenvalue weighted by Gasteiger charge is 2.19. The van der Waals surface area contributed by atoms with Gasteiger partial charge in [-0.15, -0.1) is 0 Å². The minimum Gasteiger partial charge on any atom is -0.449 e. The van der Waals surface area contributed by atoms with Crippen molar-refractivity contribution in [3.8, 4) is 0 Å². The van der Waals surface area contributed by atoms with E-state index in [4.69, 9.17) is 4.42 Å². The maximum Gasteiger partial charge on any atom is 0.294 e. The lowest BCUT2D eigenvalue weighted by Crippen LogP contribution is -2.38. The summed E-state index contributed by atoms with van der Waals surface area (Å²) >= 11 is 0. The van der Waals surface area contributed by atoms with Crippen LogP contribution >= 0.6 is 0 Å². The fourth-order valence-electron chi connectivity index (χ4n) is 3.11. The number of para-hydroxylation sites is 1. The summed E-state index contributed by atoms with van der Waals surface area (Å²) in [4.78, 5) is 21.7. The lowest BCUT2D eigenvalue weighted by molar-refractivity contribution is 0.0655. The minimum absolute atomic E-state index is 0.256. The number of rotatable bonds is 2. The van der Waals surface area contributed by atoms with Crippen LogP contribution < -0.4 is 5.56 Å². The molecule has 1 fully saturated rings. The van der Waals surface area contributed by atoms with Crippen molar-refractivity contribution in [2.75, 3.05) is 13.1 Å². The number of furan rings is 1. The van der Waals surface area contributed by atoms with Crippen molar-refractivity contribution in [3.05, 3.63) is 40.4 Å². The van der Waals surface area contributed by atoms with Gasteiger partial charge in [0.2, 0.25) is 5.58 Å². The van der Waals surface area contributed by atoms with E-state index in [9.17, 15) is 9.90 Å². The van der Waals surface area contributed by atoms with Crippen LogP contribution in [0, 0.1) is 0 Å². The number of nitrogens with one attached hydrogen (secondary N) is 1. The molecule has 0 saturated carbocycles. The number of aliphatic hydroxyl groups excluding tert-OH is 1. The monoisotopic (exact) mass is 299 g/mol. The molecule has 1 atom stereocenters. The van der Waals surface area contributed by atoms with E-state index in [1.165, 1.54) is 0 Å². The number of aromatic amines is 1. The van der Waals surface area contributed by atoms with Crippen LogP contribution in [0.4, 0.5) is 0 Å². The predicted octanol–water partition coefficient (Wildman–Crippen LogP) is 1.63. The molecule has 2 N–H and O–H groups in total. The highest BCUT2D eigenvalue weighted by molar-refractivity contribution is 6.01. The van der Waals surface area contributed by atoms with Crippen LogP contribution in [-0.2, 0) is 6.54 Å². The Morgan fingerprint density at radius 2 is 2.27 bits per heavy atom. The summed E-state index contributed by atoms with van der Waals surface area (Å²) in [5, 5.41) is 10.6. The molecule has 1 aromatic carbocycles. The quantitative estimate of drug-likeness (QED) is 0.751. The fourth-order valence-corrected chi connectivity index (χ4v) is 3.11. The van der Waals surface area contributed by atoms with Crippen LogP contribution in [0.2, 0.25) is 0 Å². The third-order valence-electron chi connectivity index (χ3n) is 4.13. The van der Waals surface area contributed by atoms with E-state index in [0.29, 0.717) is 30.0 Å². The number of fused-ring (bicyclic) bond motifs is 3. The summed E-state index contributed by atoms with van der Waals surface area (Å²) in [6.07, 6.45) is 1.51. The summed E-state index contributed by atoms with van der Waals surface area (Å²) in [7, 11) is 0. The molecule has 22 heavy (non-hydrogen) atoms. The molecule has 114 valence electrons. The average Bonchev–Trinajstić information content (AvgIpc) is 2.87. The Kier molecular flexibility index (Phi) is 3.20. The second-order valence-corrected chi connectivity index (χ2v) is 5.82. The van der Waals surface area contributed by atoms with Gasteiger partial charge in [0.1, 0.15) is 16.9 Å². The van der Waals surface area contributed by atoms with Gasteiger partial charge in [-0.3, -0.25) is 9.69 Å². The highest BCUT2D eigenvalue weighted by atomic mass is 16.3. The Balaban J connectivity index is 1.75. The first-order valence-electron chi connectivity index (χ1n) is 7.51. The van der Waals surface area contributed by atoms with Crippen LogP contribution in [0.15, 0.2) is 33.5 Å². The van der Waals surface area contributed by atoms with E-state index in [2.05, 4.69) is 14.9 Å². The first-order valence-corrected chi connectivity index (χ1v) is 7.51. The number of benzene rings is 1. The number of β-amino-alcohol motifs (C(OH)–C–C–N with tert-alkyl or cyclic N) is 1. The van der Waals surface area contributed by atoms with E-state index in [0.717, 1.165) is 24.8 Å². The van der Waals surface area contributed by atoms with E-state index < -0.39 is 0 Å². The third-order valence-corrected chi connectivity index (χ3v) is 4.13. The number of nitrogens with zero attached hydrogens (tertiary/aromatic N) is 2. The Hall–Kier alpha value is -2.18. The van der Waals surface area contributed by atoms with E-state index in [1.807, 2.05) is 24.3 Å². The van der Waals surface area contributed by atoms with Crippen LogP contribution in [0.3, 0.4) is 0 Å². The summed E-state index contributed by atoms with van der Waals surface area (Å²) in [6.45, 7) is 2.06. The van der Waals surface area contributed by atoms with Crippen LogP contribution in [0.1, 0.15) is 18.7 Å². The Labute approximate surface area is 126 Å². The van der Waals surface area contributed by atoms with Gasteiger partial charge in [-0.2, -0.15) is 0 Å². The summed E-state index contributed by atoms with van der Waals surface area (Å²) < 4.78 is 5.59. The topological polar surface area (TPSA) is 82.4 Å². The molecular weight excluding hydrogens is 282 g/mol. The minimum atomic E-state index is -0.293. The molecule has 6 heteroatoms. The molecule has 1 unspecified atom stereocenters. The zero-order chi connectivity index (χ0) is 15.1. The number of likely N-dealkylation sites (tertiary alicyclic amines) is 1. The molecule has 3 heterocycles. The Bertz CT molecular complexity index is 883. The Morgan fingerprint density at radius 3 is 3.14 bits per heavy atom. The number of piperidine rings is 1. The summed E-state index contributed by atoms with van der Waals surface area (Å²) in [5.74, 6) is 0.609. The zero-order valence-electron chi connectivity index (χ0n) is 12.1. The van der Waals surface area contributed by atoms with Gasteiger partial charge in [0.05, 0.1) is 12.6 Å². The van der Waals surface area contributed by atoms with Gasteiger partial charge in [0.25, 0.3) is 5.56 Å². The molecule has 0 spiro atoms. The molecule has 1 aliphatic rings. The second-order valence-electron chi connectivity index (χ2n) is 5.82. The number of hydrogen-bond acceptors (Lipinski definition) is 5. The molecule has 0 radical (unpaired) electrons. The maximum atomic E-state index is 12.2. The van der Waals surface area contributed by atoms with Crippen molar-refractivity contribution in [3.63, 3.8) is 0 Å². The largest absolute Gasteiger partial charge is 0.449 e. The SMILES string of the molecule is O=c1[nH]c(CN2CCCC(O)C2)nc2c1oc1ccccc12. The first kappa shape index (κ1) is 13.5. The van der Waals surface area contributed by atoms with Gasteiger partial charge in [-0.05, 0) is 31.5 Å². The average molecular weight is 299 g/mol. The first-order chi connectivity index (χ1) is 10.7. The lowest BCUT2D eigenvalue weighted by Gasteiger charge is -2.29.